The van der Waals surface area contributed by atoms with Crippen molar-refractivity contribution in [2.75, 3.05) is 6.54 Å². The molecule has 1 aromatic heterocycles. The summed E-state index contributed by atoms with van der Waals surface area (Å²) in [5.41, 5.74) is 3.80. The predicted octanol–water partition coefficient (Wildman–Crippen LogP) is 2.96. The SMILES string of the molecule is Cc1ccc(C)c(Cc2nnc(CCCNC3CC3)o2)c1. The number of benzene rings is 1. The molecule has 0 radical (unpaired) electrons. The molecule has 0 aliphatic heterocycles. The van der Waals surface area contributed by atoms with E-state index in [4.69, 9.17) is 4.42 Å². The van der Waals surface area contributed by atoms with E-state index >= 15 is 0 Å². The van der Waals surface area contributed by atoms with Gasteiger partial charge in [0, 0.05) is 12.5 Å². The number of aryl methyl sites for hydroxylation is 3. The first-order valence-corrected chi connectivity index (χ1v) is 7.81. The highest BCUT2D eigenvalue weighted by Gasteiger charge is 2.19. The molecule has 0 saturated heterocycles. The number of aromatic nitrogens is 2. The van der Waals surface area contributed by atoms with E-state index in [1.807, 2.05) is 0 Å². The van der Waals surface area contributed by atoms with Gasteiger partial charge in [0.05, 0.1) is 6.42 Å². The molecule has 21 heavy (non-hydrogen) atoms. The number of hydrogen-bond acceptors (Lipinski definition) is 4. The van der Waals surface area contributed by atoms with Crippen LogP contribution in [0.4, 0.5) is 0 Å². The quantitative estimate of drug-likeness (QED) is 0.795. The smallest absolute Gasteiger partial charge is 0.220 e. The Morgan fingerprint density at radius 3 is 2.81 bits per heavy atom. The highest BCUT2D eigenvalue weighted by Crippen LogP contribution is 2.18. The summed E-state index contributed by atoms with van der Waals surface area (Å²) in [6.45, 7) is 5.27. The fourth-order valence-electron chi connectivity index (χ4n) is 2.45. The maximum atomic E-state index is 5.76. The van der Waals surface area contributed by atoms with E-state index in [0.29, 0.717) is 5.89 Å². The summed E-state index contributed by atoms with van der Waals surface area (Å²) in [7, 11) is 0. The summed E-state index contributed by atoms with van der Waals surface area (Å²) < 4.78 is 5.76. The largest absolute Gasteiger partial charge is 0.425 e. The monoisotopic (exact) mass is 285 g/mol. The molecule has 0 amide bonds. The molecule has 1 aliphatic carbocycles. The molecular formula is C17H23N3O. The second-order valence-corrected chi connectivity index (χ2v) is 6.03. The highest BCUT2D eigenvalue weighted by atomic mass is 16.4. The van der Waals surface area contributed by atoms with Crippen molar-refractivity contribution in [3.8, 4) is 0 Å². The number of hydrogen-bond donors (Lipinski definition) is 1. The van der Waals surface area contributed by atoms with Crippen molar-refractivity contribution in [2.24, 2.45) is 0 Å². The van der Waals surface area contributed by atoms with E-state index in [9.17, 15) is 0 Å². The molecular weight excluding hydrogens is 262 g/mol. The third-order valence-corrected chi connectivity index (χ3v) is 3.93. The van der Waals surface area contributed by atoms with E-state index in [1.165, 1.54) is 29.5 Å². The minimum absolute atomic E-state index is 0.717. The van der Waals surface area contributed by atoms with Crippen molar-refractivity contribution in [1.29, 1.82) is 0 Å². The number of nitrogens with zero attached hydrogens (tertiary/aromatic N) is 2. The van der Waals surface area contributed by atoms with E-state index in [0.717, 1.165) is 37.7 Å². The standard InChI is InChI=1S/C17H23N3O/c1-12-5-6-13(2)14(10-12)11-17-20-19-16(21-17)4-3-9-18-15-7-8-15/h5-6,10,15,18H,3-4,7-9,11H2,1-2H3. The maximum absolute atomic E-state index is 5.76. The third-order valence-electron chi connectivity index (χ3n) is 3.93. The zero-order valence-corrected chi connectivity index (χ0v) is 12.9. The van der Waals surface area contributed by atoms with E-state index in [2.05, 4.69) is 47.6 Å². The van der Waals surface area contributed by atoms with Crippen LogP contribution < -0.4 is 5.32 Å². The normalized spacial score (nSPS) is 14.6. The van der Waals surface area contributed by atoms with Crippen LogP contribution >= 0.6 is 0 Å². The lowest BCUT2D eigenvalue weighted by Gasteiger charge is -2.04. The van der Waals surface area contributed by atoms with Crippen LogP contribution in [0.15, 0.2) is 22.6 Å². The molecule has 1 aromatic carbocycles. The van der Waals surface area contributed by atoms with Crippen LogP contribution in [0.3, 0.4) is 0 Å². The van der Waals surface area contributed by atoms with Crippen molar-refractivity contribution < 1.29 is 4.42 Å². The Hall–Kier alpha value is -1.68. The van der Waals surface area contributed by atoms with Gasteiger partial charge < -0.3 is 9.73 Å². The molecule has 1 fully saturated rings. The molecule has 1 heterocycles. The summed E-state index contributed by atoms with van der Waals surface area (Å²) >= 11 is 0. The van der Waals surface area contributed by atoms with Gasteiger partial charge in [-0.15, -0.1) is 10.2 Å². The Bertz CT molecular complexity index is 602. The van der Waals surface area contributed by atoms with Crippen LogP contribution in [0, 0.1) is 13.8 Å². The van der Waals surface area contributed by atoms with Crippen molar-refractivity contribution in [1.82, 2.24) is 15.5 Å². The van der Waals surface area contributed by atoms with Gasteiger partial charge >= 0.3 is 0 Å². The van der Waals surface area contributed by atoms with Gasteiger partial charge in [-0.25, -0.2) is 0 Å². The van der Waals surface area contributed by atoms with Gasteiger partial charge in [0.1, 0.15) is 0 Å². The predicted molar refractivity (Wildman–Crippen MR) is 82.4 cm³/mol. The van der Waals surface area contributed by atoms with Gasteiger partial charge in [0.2, 0.25) is 11.8 Å². The first-order valence-electron chi connectivity index (χ1n) is 7.81. The van der Waals surface area contributed by atoms with Crippen LogP contribution in [0.5, 0.6) is 0 Å². The van der Waals surface area contributed by atoms with Gasteiger partial charge in [0.15, 0.2) is 0 Å². The lowest BCUT2D eigenvalue weighted by Crippen LogP contribution is -2.17. The first kappa shape index (κ1) is 14.3. The zero-order chi connectivity index (χ0) is 14.7. The van der Waals surface area contributed by atoms with Crippen LogP contribution in [0.2, 0.25) is 0 Å². The Kier molecular flexibility index (Phi) is 4.34. The van der Waals surface area contributed by atoms with Crippen LogP contribution in [-0.4, -0.2) is 22.8 Å². The molecule has 0 spiro atoms. The maximum Gasteiger partial charge on any atom is 0.220 e. The molecule has 4 heteroatoms. The van der Waals surface area contributed by atoms with Crippen molar-refractivity contribution >= 4 is 0 Å². The minimum atomic E-state index is 0.717. The van der Waals surface area contributed by atoms with E-state index in [1.54, 1.807) is 0 Å². The summed E-state index contributed by atoms with van der Waals surface area (Å²) in [6, 6.07) is 7.24. The van der Waals surface area contributed by atoms with Crippen LogP contribution in [0.25, 0.3) is 0 Å². The Labute approximate surface area is 126 Å². The lowest BCUT2D eigenvalue weighted by molar-refractivity contribution is 0.448. The van der Waals surface area contributed by atoms with E-state index < -0.39 is 0 Å². The summed E-state index contributed by atoms with van der Waals surface area (Å²) in [4.78, 5) is 0. The fraction of sp³-hybridized carbons (Fsp3) is 0.529. The van der Waals surface area contributed by atoms with Gasteiger partial charge in [0.25, 0.3) is 0 Å². The molecule has 2 aromatic rings. The van der Waals surface area contributed by atoms with Gasteiger partial charge in [-0.2, -0.15) is 0 Å². The minimum Gasteiger partial charge on any atom is -0.425 e. The molecule has 3 rings (SSSR count). The molecule has 0 atom stereocenters. The topological polar surface area (TPSA) is 51.0 Å². The third kappa shape index (κ3) is 4.14. The first-order chi connectivity index (χ1) is 10.2. The average molecular weight is 285 g/mol. The fourth-order valence-corrected chi connectivity index (χ4v) is 2.45. The molecule has 4 nitrogen and oxygen atoms in total. The van der Waals surface area contributed by atoms with Crippen molar-refractivity contribution in [3.63, 3.8) is 0 Å². The zero-order valence-electron chi connectivity index (χ0n) is 12.9. The second kappa shape index (κ2) is 6.39. The van der Waals surface area contributed by atoms with Gasteiger partial charge in [-0.05, 0) is 50.8 Å². The molecule has 0 unspecified atom stereocenters. The highest BCUT2D eigenvalue weighted by molar-refractivity contribution is 5.32. The van der Waals surface area contributed by atoms with Crippen LogP contribution in [0.1, 0.15) is 47.7 Å². The molecule has 112 valence electrons. The summed E-state index contributed by atoms with van der Waals surface area (Å²) in [6.07, 6.45) is 5.31. The Morgan fingerprint density at radius 2 is 2.00 bits per heavy atom. The number of rotatable bonds is 7. The molecule has 1 saturated carbocycles. The van der Waals surface area contributed by atoms with Crippen LogP contribution in [-0.2, 0) is 12.8 Å². The summed E-state index contributed by atoms with van der Waals surface area (Å²) in [5.74, 6) is 1.47. The van der Waals surface area contributed by atoms with Gasteiger partial charge in [-0.1, -0.05) is 23.8 Å². The van der Waals surface area contributed by atoms with Gasteiger partial charge in [-0.3, -0.25) is 0 Å². The second-order valence-electron chi connectivity index (χ2n) is 6.03. The molecule has 1 N–H and O–H groups in total. The Balaban J connectivity index is 1.52. The van der Waals surface area contributed by atoms with Crippen molar-refractivity contribution in [2.45, 2.75) is 52.0 Å². The molecule has 0 bridgehead atoms. The number of nitrogens with one attached hydrogen (secondary N) is 1. The van der Waals surface area contributed by atoms with Crippen molar-refractivity contribution in [3.05, 3.63) is 46.7 Å². The lowest BCUT2D eigenvalue weighted by atomic mass is 10.0. The van der Waals surface area contributed by atoms with E-state index in [-0.39, 0.29) is 0 Å². The Morgan fingerprint density at radius 1 is 1.19 bits per heavy atom. The summed E-state index contributed by atoms with van der Waals surface area (Å²) in [5, 5.41) is 11.8. The average Bonchev–Trinajstić information content (AvgIpc) is 3.19. The molecule has 1 aliphatic rings.